The topological polar surface area (TPSA) is 119 Å². The summed E-state index contributed by atoms with van der Waals surface area (Å²) in [7, 11) is 0. The highest BCUT2D eigenvalue weighted by Gasteiger charge is 2.13. The van der Waals surface area contributed by atoms with Gasteiger partial charge in [0.1, 0.15) is 17.5 Å². The lowest BCUT2D eigenvalue weighted by Gasteiger charge is -2.07. The third-order valence-corrected chi connectivity index (χ3v) is 4.57. The monoisotopic (exact) mass is 464 g/mol. The van der Waals surface area contributed by atoms with Crippen molar-refractivity contribution in [3.05, 3.63) is 118 Å². The molecule has 2 aromatic heterocycles. The summed E-state index contributed by atoms with van der Waals surface area (Å²) in [6, 6.07) is 18.6. The molecule has 0 amide bonds. The number of nitrogens with one attached hydrogen (secondary N) is 2. The van der Waals surface area contributed by atoms with Crippen LogP contribution in [0.5, 0.6) is 0 Å². The van der Waals surface area contributed by atoms with E-state index in [1.54, 1.807) is 42.6 Å². The second-order valence-corrected chi connectivity index (χ2v) is 7.03. The molecule has 2 heterocycles. The molecule has 0 radical (unpaired) electrons. The minimum atomic E-state index is -0.500. The number of nitrogen functional groups attached to an aromatic ring is 1. The van der Waals surface area contributed by atoms with E-state index < -0.39 is 4.92 Å². The highest BCUT2D eigenvalue weighted by molar-refractivity contribution is 5.60. The van der Waals surface area contributed by atoms with Gasteiger partial charge in [-0.2, -0.15) is 0 Å². The van der Waals surface area contributed by atoms with E-state index >= 15 is 0 Å². The van der Waals surface area contributed by atoms with Crippen molar-refractivity contribution in [2.24, 2.45) is 0 Å². The van der Waals surface area contributed by atoms with Crippen molar-refractivity contribution in [2.75, 3.05) is 16.4 Å². The normalized spacial score (nSPS) is 10.1. The van der Waals surface area contributed by atoms with Crippen LogP contribution in [0.1, 0.15) is 11.1 Å². The highest BCUT2D eigenvalue weighted by Crippen LogP contribution is 2.21. The van der Waals surface area contributed by atoms with Crippen molar-refractivity contribution >= 4 is 23.0 Å². The molecule has 174 valence electrons. The van der Waals surface area contributed by atoms with Crippen LogP contribution in [-0.4, -0.2) is 14.9 Å². The number of nitro groups is 1. The van der Waals surface area contributed by atoms with Gasteiger partial charge in [0.25, 0.3) is 0 Å². The number of hydrogen-bond acceptors (Lipinski definition) is 7. The smallest absolute Gasteiger partial charge is 0.311 e. The molecule has 4 rings (SSSR count). The van der Waals surface area contributed by atoms with Gasteiger partial charge in [0.2, 0.25) is 5.82 Å². The lowest BCUT2D eigenvalue weighted by atomic mass is 10.2. The molecular formula is C24H22F2N6O2. The minimum Gasteiger partial charge on any atom is -0.396 e. The fourth-order valence-electron chi connectivity index (χ4n) is 2.82. The van der Waals surface area contributed by atoms with Crippen molar-refractivity contribution in [1.82, 2.24) is 9.97 Å². The van der Waals surface area contributed by atoms with Gasteiger partial charge >= 0.3 is 5.69 Å². The number of nitrogens with two attached hydrogens (primary N) is 1. The predicted molar refractivity (Wildman–Crippen MR) is 127 cm³/mol. The van der Waals surface area contributed by atoms with Crippen LogP contribution < -0.4 is 16.4 Å². The summed E-state index contributed by atoms with van der Waals surface area (Å²) in [5.74, 6) is 0.294. The van der Waals surface area contributed by atoms with Gasteiger partial charge in [-0.15, -0.1) is 0 Å². The zero-order valence-electron chi connectivity index (χ0n) is 18.0. The summed E-state index contributed by atoms with van der Waals surface area (Å²) in [6.45, 7) is 0.916. The lowest BCUT2D eigenvalue weighted by Crippen LogP contribution is -2.04. The van der Waals surface area contributed by atoms with E-state index in [0.29, 0.717) is 24.6 Å². The molecule has 0 fully saturated rings. The Kier molecular flexibility index (Phi) is 8.39. The first-order valence-electron chi connectivity index (χ1n) is 10.2. The molecular weight excluding hydrogens is 442 g/mol. The van der Waals surface area contributed by atoms with E-state index in [-0.39, 0.29) is 23.1 Å². The first kappa shape index (κ1) is 24.1. The van der Waals surface area contributed by atoms with Gasteiger partial charge in [-0.3, -0.25) is 10.1 Å². The molecule has 8 nitrogen and oxygen atoms in total. The van der Waals surface area contributed by atoms with Gasteiger partial charge in [0, 0.05) is 31.5 Å². The fraction of sp³-hybridized carbons (Fsp3) is 0.0833. The third-order valence-electron chi connectivity index (χ3n) is 4.57. The van der Waals surface area contributed by atoms with E-state index in [1.807, 2.05) is 0 Å². The molecule has 34 heavy (non-hydrogen) atoms. The Morgan fingerprint density at radius 1 is 0.765 bits per heavy atom. The summed E-state index contributed by atoms with van der Waals surface area (Å²) >= 11 is 0. The summed E-state index contributed by atoms with van der Waals surface area (Å²) in [6.07, 6.45) is 3.14. The van der Waals surface area contributed by atoms with Gasteiger partial charge in [-0.1, -0.05) is 24.3 Å². The number of anilines is 3. The summed E-state index contributed by atoms with van der Waals surface area (Å²) in [5.41, 5.74) is 8.04. The molecule has 4 N–H and O–H groups in total. The molecule has 0 saturated heterocycles. The molecule has 0 aliphatic heterocycles. The Hall–Kier alpha value is -4.60. The standard InChI is InChI=1S/C12H10FN3O2.C12H12FN3/c13-10-5-3-9(4-6-10)8-15-12-11(16(17)18)2-1-7-14-12;13-10-5-3-9(4-6-10)8-16-12-11(14)2-1-7-15-12/h1-7H,8H2,(H,14,15);1-7H,8,14H2,(H,15,16). The molecule has 2 aromatic carbocycles. The number of halogens is 2. The van der Waals surface area contributed by atoms with Crippen molar-refractivity contribution in [3.8, 4) is 0 Å². The maximum Gasteiger partial charge on any atom is 0.311 e. The fourth-order valence-corrected chi connectivity index (χ4v) is 2.82. The lowest BCUT2D eigenvalue weighted by molar-refractivity contribution is -0.384. The molecule has 0 bridgehead atoms. The van der Waals surface area contributed by atoms with Gasteiger partial charge in [0.15, 0.2) is 0 Å². The minimum absolute atomic E-state index is 0.0837. The van der Waals surface area contributed by atoms with Crippen LogP contribution in [-0.2, 0) is 13.1 Å². The van der Waals surface area contributed by atoms with E-state index in [9.17, 15) is 18.9 Å². The third kappa shape index (κ3) is 7.23. The molecule has 0 aliphatic carbocycles. The van der Waals surface area contributed by atoms with E-state index in [0.717, 1.165) is 11.1 Å². The Morgan fingerprint density at radius 3 is 1.74 bits per heavy atom. The summed E-state index contributed by atoms with van der Waals surface area (Å²) < 4.78 is 25.4. The largest absolute Gasteiger partial charge is 0.396 e. The van der Waals surface area contributed by atoms with Crippen LogP contribution in [0, 0.1) is 21.7 Å². The zero-order chi connectivity index (χ0) is 24.3. The first-order valence-corrected chi connectivity index (χ1v) is 10.2. The van der Waals surface area contributed by atoms with Crippen LogP contribution in [0.25, 0.3) is 0 Å². The molecule has 4 aromatic rings. The number of rotatable bonds is 7. The van der Waals surface area contributed by atoms with Crippen LogP contribution in [0.4, 0.5) is 31.8 Å². The number of benzene rings is 2. The first-order chi connectivity index (χ1) is 16.4. The molecule has 0 unspecified atom stereocenters. The average Bonchev–Trinajstić information content (AvgIpc) is 2.85. The molecule has 0 aliphatic rings. The number of nitrogens with zero attached hydrogens (tertiary/aromatic N) is 3. The molecule has 10 heteroatoms. The van der Waals surface area contributed by atoms with Gasteiger partial charge in [-0.05, 0) is 53.6 Å². The van der Waals surface area contributed by atoms with E-state index in [2.05, 4.69) is 20.6 Å². The van der Waals surface area contributed by atoms with Gasteiger partial charge < -0.3 is 16.4 Å². The van der Waals surface area contributed by atoms with Crippen LogP contribution in [0.2, 0.25) is 0 Å². The van der Waals surface area contributed by atoms with Crippen molar-refractivity contribution in [3.63, 3.8) is 0 Å². The summed E-state index contributed by atoms with van der Waals surface area (Å²) in [4.78, 5) is 18.3. The summed E-state index contributed by atoms with van der Waals surface area (Å²) in [5, 5.41) is 16.7. The second-order valence-electron chi connectivity index (χ2n) is 7.03. The predicted octanol–water partition coefficient (Wildman–Crippen LogP) is 5.16. The van der Waals surface area contributed by atoms with Crippen molar-refractivity contribution < 1.29 is 13.7 Å². The quantitative estimate of drug-likeness (QED) is 0.255. The average molecular weight is 464 g/mol. The Bertz CT molecular complexity index is 1220. The van der Waals surface area contributed by atoms with E-state index in [4.69, 9.17) is 5.73 Å². The maximum atomic E-state index is 12.7. The van der Waals surface area contributed by atoms with Crippen LogP contribution >= 0.6 is 0 Å². The highest BCUT2D eigenvalue weighted by atomic mass is 19.1. The van der Waals surface area contributed by atoms with Crippen molar-refractivity contribution in [2.45, 2.75) is 13.1 Å². The molecule has 0 saturated carbocycles. The van der Waals surface area contributed by atoms with Crippen LogP contribution in [0.15, 0.2) is 85.2 Å². The number of aromatic nitrogens is 2. The van der Waals surface area contributed by atoms with Gasteiger partial charge in [-0.25, -0.2) is 18.7 Å². The SMILES string of the molecule is Nc1cccnc1NCc1ccc(F)cc1.O=[N+]([O-])c1cccnc1NCc1ccc(F)cc1. The number of pyridine rings is 2. The Labute approximate surface area is 194 Å². The molecule has 0 atom stereocenters. The van der Waals surface area contributed by atoms with Gasteiger partial charge in [0.05, 0.1) is 10.6 Å². The number of hydrogen-bond donors (Lipinski definition) is 3. The Morgan fingerprint density at radius 2 is 1.24 bits per heavy atom. The van der Waals surface area contributed by atoms with E-state index in [1.165, 1.54) is 42.6 Å². The van der Waals surface area contributed by atoms with Crippen LogP contribution in [0.3, 0.4) is 0 Å². The zero-order valence-corrected chi connectivity index (χ0v) is 18.0. The molecule has 0 spiro atoms. The maximum absolute atomic E-state index is 12.7. The second kappa shape index (κ2) is 11.9. The Balaban J connectivity index is 0.000000192. The van der Waals surface area contributed by atoms with Crippen molar-refractivity contribution in [1.29, 1.82) is 0 Å².